The van der Waals surface area contributed by atoms with E-state index < -0.39 is 5.09 Å². The molecule has 0 fully saturated rings. The summed E-state index contributed by atoms with van der Waals surface area (Å²) in [6.07, 6.45) is 6.50. The van der Waals surface area contributed by atoms with Crippen molar-refractivity contribution in [3.63, 3.8) is 0 Å². The molecule has 0 spiro atoms. The minimum atomic E-state index is -1.50. The number of thioether (sulfide) groups is 1. The molecule has 1 N–H and O–H groups in total. The summed E-state index contributed by atoms with van der Waals surface area (Å²) >= 11 is 20.2. The van der Waals surface area contributed by atoms with Crippen LogP contribution in [0.1, 0.15) is 17.2 Å². The van der Waals surface area contributed by atoms with E-state index in [9.17, 15) is 0 Å². The van der Waals surface area contributed by atoms with E-state index in [0.717, 1.165) is 28.4 Å². The summed E-state index contributed by atoms with van der Waals surface area (Å²) < 4.78 is 2.07. The molecule has 0 saturated carbocycles. The standard InChI is InChI=1S/C18H15Cl3N2S.HNO3/c19-13-1-4-15(5-2-13)24-18(7-9-23-10-8-22-12-23)16-6-3-14(20)11-17(16)21;2-1(3)4/h1-6,8,10-12,18H,7,9H2;(H,2,3,4). The highest BCUT2D eigenvalue weighted by Crippen LogP contribution is 2.41. The Labute approximate surface area is 181 Å². The van der Waals surface area contributed by atoms with E-state index in [-0.39, 0.29) is 5.25 Å². The number of rotatable bonds is 6. The maximum Gasteiger partial charge on any atom is 0.291 e. The molecule has 1 unspecified atom stereocenters. The van der Waals surface area contributed by atoms with Crippen LogP contribution in [0.5, 0.6) is 0 Å². The Kier molecular flexibility index (Phi) is 8.92. The van der Waals surface area contributed by atoms with Crippen molar-refractivity contribution in [2.45, 2.75) is 23.1 Å². The number of hydrogen-bond donors (Lipinski definition) is 1. The van der Waals surface area contributed by atoms with Crippen molar-refractivity contribution in [2.75, 3.05) is 0 Å². The summed E-state index contributed by atoms with van der Waals surface area (Å²) in [5, 5.41) is 15.9. The molecule has 0 aliphatic carbocycles. The van der Waals surface area contributed by atoms with Gasteiger partial charge in [-0.2, -0.15) is 0 Å². The average Bonchev–Trinajstić information content (AvgIpc) is 3.14. The topological polar surface area (TPSA) is 81.2 Å². The van der Waals surface area contributed by atoms with E-state index in [2.05, 4.69) is 9.55 Å². The molecule has 1 aromatic heterocycles. The summed E-state index contributed by atoms with van der Waals surface area (Å²) in [5.74, 6) is 0. The van der Waals surface area contributed by atoms with Crippen LogP contribution in [0.4, 0.5) is 0 Å². The van der Waals surface area contributed by atoms with Gasteiger partial charge in [0.05, 0.1) is 6.33 Å². The first-order valence-corrected chi connectivity index (χ1v) is 10.0. The maximum atomic E-state index is 8.36. The van der Waals surface area contributed by atoms with Crippen LogP contribution in [-0.2, 0) is 6.54 Å². The first kappa shape index (κ1) is 22.4. The third kappa shape index (κ3) is 7.59. The smallest absolute Gasteiger partial charge is 0.291 e. The Morgan fingerprint density at radius 3 is 2.36 bits per heavy atom. The number of aryl methyl sites for hydroxylation is 1. The van der Waals surface area contributed by atoms with Crippen molar-refractivity contribution >= 4 is 46.6 Å². The van der Waals surface area contributed by atoms with E-state index >= 15 is 0 Å². The maximum absolute atomic E-state index is 8.36. The van der Waals surface area contributed by atoms with Gasteiger partial charge in [-0.1, -0.05) is 40.9 Å². The largest absolute Gasteiger partial charge is 0.337 e. The van der Waals surface area contributed by atoms with E-state index in [4.69, 9.17) is 50.1 Å². The Bertz CT molecular complexity index is 889. The van der Waals surface area contributed by atoms with E-state index in [1.807, 2.05) is 48.9 Å². The van der Waals surface area contributed by atoms with Gasteiger partial charge in [-0.05, 0) is 48.4 Å². The molecule has 0 bridgehead atoms. The molecule has 10 heteroatoms. The van der Waals surface area contributed by atoms with Gasteiger partial charge in [0.15, 0.2) is 0 Å². The number of benzene rings is 2. The first-order valence-electron chi connectivity index (χ1n) is 8.01. The van der Waals surface area contributed by atoms with E-state index in [1.54, 1.807) is 24.0 Å². The van der Waals surface area contributed by atoms with E-state index in [0.29, 0.717) is 10.0 Å². The lowest BCUT2D eigenvalue weighted by Gasteiger charge is -2.19. The second-order valence-corrected chi connectivity index (χ2v) is 8.11. The fourth-order valence-electron chi connectivity index (χ4n) is 2.40. The molecular weight excluding hydrogens is 445 g/mol. The lowest BCUT2D eigenvalue weighted by atomic mass is 10.1. The van der Waals surface area contributed by atoms with E-state index in [1.165, 1.54) is 0 Å². The van der Waals surface area contributed by atoms with Crippen LogP contribution in [0, 0.1) is 10.1 Å². The minimum Gasteiger partial charge on any atom is -0.337 e. The summed E-state index contributed by atoms with van der Waals surface area (Å²) in [7, 11) is 0. The summed E-state index contributed by atoms with van der Waals surface area (Å²) in [5.41, 5.74) is 1.08. The SMILES string of the molecule is Clc1ccc(SC(CCn2ccnc2)c2ccc(Cl)cc2Cl)cc1.O=[N+]([O-])O. The summed E-state index contributed by atoms with van der Waals surface area (Å²) in [6, 6.07) is 13.6. The van der Waals surface area contributed by atoms with Crippen LogP contribution in [0.2, 0.25) is 15.1 Å². The number of nitrogens with zero attached hydrogens (tertiary/aromatic N) is 3. The Balaban J connectivity index is 0.000000640. The Morgan fingerprint density at radius 2 is 1.79 bits per heavy atom. The quantitative estimate of drug-likeness (QED) is 0.261. The molecule has 0 aliphatic heterocycles. The molecule has 28 heavy (non-hydrogen) atoms. The number of hydrogen-bond acceptors (Lipinski definition) is 4. The van der Waals surface area contributed by atoms with Crippen LogP contribution < -0.4 is 0 Å². The second kappa shape index (κ2) is 11.2. The first-order chi connectivity index (χ1) is 13.3. The van der Waals surface area contributed by atoms with Crippen molar-refractivity contribution in [1.82, 2.24) is 9.55 Å². The van der Waals surface area contributed by atoms with Gasteiger partial charge < -0.3 is 9.77 Å². The molecule has 0 radical (unpaired) electrons. The number of imidazole rings is 1. The predicted octanol–water partition coefficient (Wildman–Crippen LogP) is 6.42. The van der Waals surface area contributed by atoms with Gasteiger partial charge in [-0.25, -0.2) is 4.98 Å². The van der Waals surface area contributed by atoms with Crippen molar-refractivity contribution < 1.29 is 10.3 Å². The van der Waals surface area contributed by atoms with Gasteiger partial charge in [0, 0.05) is 44.2 Å². The fraction of sp³-hybridized carbons (Fsp3) is 0.167. The highest BCUT2D eigenvalue weighted by atomic mass is 35.5. The van der Waals surface area contributed by atoms with Crippen LogP contribution >= 0.6 is 46.6 Å². The third-order valence-electron chi connectivity index (χ3n) is 3.61. The Morgan fingerprint density at radius 1 is 1.14 bits per heavy atom. The average molecular weight is 461 g/mol. The molecule has 0 aliphatic rings. The molecule has 0 saturated heterocycles. The van der Waals surface area contributed by atoms with Crippen LogP contribution in [0.25, 0.3) is 0 Å². The van der Waals surface area contributed by atoms with Crippen LogP contribution in [0.3, 0.4) is 0 Å². The molecular formula is C18H16Cl3N3O3S. The highest BCUT2D eigenvalue weighted by Gasteiger charge is 2.17. The third-order valence-corrected chi connectivity index (χ3v) is 5.74. The van der Waals surface area contributed by atoms with Crippen molar-refractivity contribution in [3.8, 4) is 0 Å². The van der Waals surface area contributed by atoms with Gasteiger partial charge >= 0.3 is 0 Å². The summed E-state index contributed by atoms with van der Waals surface area (Å²) in [4.78, 5) is 13.6. The lowest BCUT2D eigenvalue weighted by molar-refractivity contribution is -0.742. The zero-order valence-corrected chi connectivity index (χ0v) is 17.5. The lowest BCUT2D eigenvalue weighted by Crippen LogP contribution is -2.02. The number of aromatic nitrogens is 2. The monoisotopic (exact) mass is 459 g/mol. The molecule has 1 heterocycles. The van der Waals surface area contributed by atoms with Crippen molar-refractivity contribution in [2.24, 2.45) is 0 Å². The molecule has 3 aromatic rings. The molecule has 3 rings (SSSR count). The molecule has 1 atom stereocenters. The molecule has 0 amide bonds. The predicted molar refractivity (Wildman–Crippen MR) is 112 cm³/mol. The zero-order valence-electron chi connectivity index (χ0n) is 14.4. The molecule has 6 nitrogen and oxygen atoms in total. The van der Waals surface area contributed by atoms with Gasteiger partial charge in [-0.15, -0.1) is 21.9 Å². The highest BCUT2D eigenvalue weighted by molar-refractivity contribution is 7.99. The van der Waals surface area contributed by atoms with Crippen LogP contribution in [-0.4, -0.2) is 19.8 Å². The van der Waals surface area contributed by atoms with Gasteiger partial charge in [0.25, 0.3) is 5.09 Å². The van der Waals surface area contributed by atoms with Crippen LogP contribution in [0.15, 0.2) is 66.1 Å². The van der Waals surface area contributed by atoms with Gasteiger partial charge in [-0.3, -0.25) is 0 Å². The zero-order chi connectivity index (χ0) is 20.5. The van der Waals surface area contributed by atoms with Gasteiger partial charge in [0.1, 0.15) is 0 Å². The number of halogens is 3. The Hall–Kier alpha value is -1.93. The molecule has 148 valence electrons. The van der Waals surface area contributed by atoms with Crippen molar-refractivity contribution in [3.05, 3.63) is 91.9 Å². The second-order valence-electron chi connectivity index (χ2n) is 5.55. The normalized spacial score (nSPS) is 11.4. The summed E-state index contributed by atoms with van der Waals surface area (Å²) in [6.45, 7) is 0.865. The fourth-order valence-corrected chi connectivity index (χ4v) is 4.31. The minimum absolute atomic E-state index is 0.207. The van der Waals surface area contributed by atoms with Crippen molar-refractivity contribution in [1.29, 1.82) is 0 Å². The molecule has 2 aromatic carbocycles. The van der Waals surface area contributed by atoms with Gasteiger partial charge in [0.2, 0.25) is 0 Å².